The third-order valence-corrected chi connectivity index (χ3v) is 3.62. The molecule has 1 aliphatic carbocycles. The van der Waals surface area contributed by atoms with E-state index in [0.717, 1.165) is 19.3 Å². The number of benzene rings is 1. The molecule has 2 atom stereocenters. The van der Waals surface area contributed by atoms with Crippen molar-refractivity contribution in [2.24, 2.45) is 0 Å². The molecule has 2 unspecified atom stereocenters. The van der Waals surface area contributed by atoms with E-state index in [1.54, 1.807) is 12.1 Å². The smallest absolute Gasteiger partial charge is 0.162 e. The van der Waals surface area contributed by atoms with E-state index in [4.69, 9.17) is 0 Å². The number of hydrogen-bond acceptors (Lipinski definition) is 0. The maximum absolute atomic E-state index is 13.4. The molecule has 2 rings (SSSR count). The summed E-state index contributed by atoms with van der Waals surface area (Å²) in [6, 6.07) is 4.43. The topological polar surface area (TPSA) is 0 Å². The van der Waals surface area contributed by atoms with Crippen molar-refractivity contribution in [3.05, 3.63) is 35.4 Å². The van der Waals surface area contributed by atoms with Crippen molar-refractivity contribution in [2.45, 2.75) is 30.0 Å². The monoisotopic (exact) mass is 260 g/mol. The molecule has 0 spiro atoms. The van der Waals surface area contributed by atoms with Gasteiger partial charge in [-0.1, -0.05) is 28.1 Å². The number of hydrogen-bond donors (Lipinski definition) is 0. The molecule has 0 saturated heterocycles. The summed E-state index contributed by atoms with van der Waals surface area (Å²) in [5.41, 5.74) is 0.534. The van der Waals surface area contributed by atoms with Crippen molar-refractivity contribution in [2.75, 3.05) is 0 Å². The van der Waals surface area contributed by atoms with Gasteiger partial charge in [-0.25, -0.2) is 8.78 Å². The van der Waals surface area contributed by atoms with Crippen LogP contribution in [0.2, 0.25) is 0 Å². The third kappa shape index (κ3) is 1.83. The minimum atomic E-state index is -0.736. The predicted octanol–water partition coefficient (Wildman–Crippen LogP) is 4.00. The Bertz CT molecular complexity index is 338. The summed E-state index contributed by atoms with van der Waals surface area (Å²) in [5.74, 6) is -1.23. The summed E-state index contributed by atoms with van der Waals surface area (Å²) in [6.07, 6.45) is 2.89. The number of alkyl halides is 1. The van der Waals surface area contributed by atoms with Gasteiger partial charge in [-0.2, -0.15) is 0 Å². The molecule has 1 fully saturated rings. The predicted molar refractivity (Wildman–Crippen MR) is 55.7 cm³/mol. The first-order valence-electron chi connectivity index (χ1n) is 4.76. The van der Waals surface area contributed by atoms with E-state index in [0.29, 0.717) is 10.4 Å². The van der Waals surface area contributed by atoms with Crippen LogP contribution in [0.5, 0.6) is 0 Å². The molecule has 0 bridgehead atoms. The van der Waals surface area contributed by atoms with E-state index >= 15 is 0 Å². The van der Waals surface area contributed by atoms with Crippen LogP contribution >= 0.6 is 15.9 Å². The molecular formula is C11H11BrF2. The van der Waals surface area contributed by atoms with Gasteiger partial charge in [0.1, 0.15) is 0 Å². The molecule has 14 heavy (non-hydrogen) atoms. The van der Waals surface area contributed by atoms with Gasteiger partial charge in [-0.05, 0) is 36.8 Å². The van der Waals surface area contributed by atoms with Crippen LogP contribution in [0.4, 0.5) is 8.78 Å². The van der Waals surface area contributed by atoms with E-state index in [1.165, 1.54) is 6.07 Å². The van der Waals surface area contributed by atoms with Crippen molar-refractivity contribution in [1.29, 1.82) is 0 Å². The van der Waals surface area contributed by atoms with Gasteiger partial charge in [0.25, 0.3) is 0 Å². The molecule has 0 amide bonds. The zero-order chi connectivity index (χ0) is 10.1. The lowest BCUT2D eigenvalue weighted by Crippen LogP contribution is -2.00. The summed E-state index contributed by atoms with van der Waals surface area (Å²) >= 11 is 3.50. The maximum Gasteiger partial charge on any atom is 0.162 e. The molecule has 1 saturated carbocycles. The first kappa shape index (κ1) is 10.1. The maximum atomic E-state index is 13.4. The highest BCUT2D eigenvalue weighted by Crippen LogP contribution is 2.39. The van der Waals surface area contributed by atoms with Gasteiger partial charge < -0.3 is 0 Å². The normalized spacial score (nSPS) is 26.8. The molecular weight excluding hydrogens is 250 g/mol. The van der Waals surface area contributed by atoms with E-state index in [2.05, 4.69) is 15.9 Å². The quantitative estimate of drug-likeness (QED) is 0.670. The lowest BCUT2D eigenvalue weighted by atomic mass is 9.97. The van der Waals surface area contributed by atoms with E-state index in [-0.39, 0.29) is 5.92 Å². The Morgan fingerprint density at radius 2 is 2.00 bits per heavy atom. The lowest BCUT2D eigenvalue weighted by Gasteiger charge is -2.10. The van der Waals surface area contributed by atoms with Gasteiger partial charge in [0.05, 0.1) is 0 Å². The fourth-order valence-electron chi connectivity index (χ4n) is 2.04. The second-order valence-electron chi connectivity index (χ2n) is 3.75. The molecule has 0 nitrogen and oxygen atoms in total. The average molecular weight is 261 g/mol. The first-order chi connectivity index (χ1) is 6.68. The van der Waals surface area contributed by atoms with Gasteiger partial charge in [0, 0.05) is 4.83 Å². The lowest BCUT2D eigenvalue weighted by molar-refractivity contribution is 0.488. The summed E-state index contributed by atoms with van der Waals surface area (Å²) in [6.45, 7) is 0. The zero-order valence-corrected chi connectivity index (χ0v) is 9.23. The van der Waals surface area contributed by atoms with E-state index in [9.17, 15) is 8.78 Å². The molecule has 1 aliphatic rings. The molecule has 0 aromatic heterocycles. The molecule has 1 aromatic carbocycles. The summed E-state index contributed by atoms with van der Waals surface area (Å²) in [7, 11) is 0. The molecule has 76 valence electrons. The fourth-order valence-corrected chi connectivity index (χ4v) is 2.76. The van der Waals surface area contributed by atoms with E-state index in [1.807, 2.05) is 0 Å². The summed E-state index contributed by atoms with van der Waals surface area (Å²) in [5, 5.41) is 0. The second-order valence-corrected chi connectivity index (χ2v) is 5.05. The molecule has 0 N–H and O–H groups in total. The Balaban J connectivity index is 2.28. The Kier molecular flexibility index (Phi) is 2.86. The van der Waals surface area contributed by atoms with Crippen LogP contribution in [-0.2, 0) is 0 Å². The molecule has 3 heteroatoms. The van der Waals surface area contributed by atoms with Crippen LogP contribution in [0.1, 0.15) is 30.7 Å². The van der Waals surface area contributed by atoms with Gasteiger partial charge in [-0.15, -0.1) is 0 Å². The fraction of sp³-hybridized carbons (Fsp3) is 0.455. The average Bonchev–Trinajstić information content (AvgIpc) is 2.57. The first-order valence-corrected chi connectivity index (χ1v) is 5.68. The highest BCUT2D eigenvalue weighted by atomic mass is 79.9. The Labute approximate surface area is 90.4 Å². The van der Waals surface area contributed by atoms with Crippen LogP contribution in [0, 0.1) is 11.6 Å². The van der Waals surface area contributed by atoms with Crippen LogP contribution in [0.15, 0.2) is 18.2 Å². The molecule has 0 aliphatic heterocycles. The van der Waals surface area contributed by atoms with Crippen molar-refractivity contribution >= 4 is 15.9 Å². The van der Waals surface area contributed by atoms with Gasteiger partial charge in [0.2, 0.25) is 0 Å². The van der Waals surface area contributed by atoms with Gasteiger partial charge in [0.15, 0.2) is 11.6 Å². The molecule has 0 heterocycles. The van der Waals surface area contributed by atoms with Crippen molar-refractivity contribution in [1.82, 2.24) is 0 Å². The van der Waals surface area contributed by atoms with E-state index < -0.39 is 11.6 Å². The zero-order valence-electron chi connectivity index (χ0n) is 7.64. The van der Waals surface area contributed by atoms with Crippen LogP contribution < -0.4 is 0 Å². The highest BCUT2D eigenvalue weighted by molar-refractivity contribution is 9.09. The van der Waals surface area contributed by atoms with Crippen LogP contribution in [0.25, 0.3) is 0 Å². The number of halogens is 3. The second kappa shape index (κ2) is 3.97. The Hall–Kier alpha value is -0.440. The largest absolute Gasteiger partial charge is 0.204 e. The molecule has 1 aromatic rings. The van der Waals surface area contributed by atoms with Crippen molar-refractivity contribution in [3.8, 4) is 0 Å². The standard InChI is InChI=1S/C11H11BrF2/c12-8-5-4-7(6-8)9-2-1-3-10(13)11(9)14/h1-3,7-8H,4-6H2. The van der Waals surface area contributed by atoms with Crippen LogP contribution in [-0.4, -0.2) is 4.83 Å². The third-order valence-electron chi connectivity index (χ3n) is 2.79. The Morgan fingerprint density at radius 3 is 2.64 bits per heavy atom. The minimum absolute atomic E-state index is 0.176. The summed E-state index contributed by atoms with van der Waals surface area (Å²) in [4.78, 5) is 0.454. The SMILES string of the molecule is Fc1cccc(C2CCC(Br)C2)c1F. The van der Waals surface area contributed by atoms with Crippen molar-refractivity contribution in [3.63, 3.8) is 0 Å². The van der Waals surface area contributed by atoms with Gasteiger partial charge in [-0.3, -0.25) is 0 Å². The highest BCUT2D eigenvalue weighted by Gasteiger charge is 2.26. The minimum Gasteiger partial charge on any atom is -0.204 e. The van der Waals surface area contributed by atoms with Crippen molar-refractivity contribution < 1.29 is 8.78 Å². The Morgan fingerprint density at radius 1 is 1.21 bits per heavy atom. The van der Waals surface area contributed by atoms with Crippen LogP contribution in [0.3, 0.4) is 0 Å². The number of rotatable bonds is 1. The summed E-state index contributed by atoms with van der Waals surface area (Å²) < 4.78 is 26.3. The van der Waals surface area contributed by atoms with Gasteiger partial charge >= 0.3 is 0 Å². The molecule has 0 radical (unpaired) electrons.